The molecule has 12 heteroatoms. The van der Waals surface area contributed by atoms with Crippen molar-refractivity contribution in [1.82, 2.24) is 45.0 Å². The number of benzene rings is 2. The van der Waals surface area contributed by atoms with Crippen molar-refractivity contribution in [2.45, 2.75) is 44.7 Å². The van der Waals surface area contributed by atoms with Crippen molar-refractivity contribution in [3.63, 3.8) is 0 Å². The van der Waals surface area contributed by atoms with Crippen LogP contribution in [0.2, 0.25) is 5.15 Å². The Labute approximate surface area is 249 Å². The van der Waals surface area contributed by atoms with Crippen LogP contribution in [0.5, 0.6) is 0 Å². The minimum absolute atomic E-state index is 0.226. The molecule has 0 aliphatic carbocycles. The monoisotopic (exact) mass is 587 g/mol. The third-order valence-electron chi connectivity index (χ3n) is 7.53. The van der Waals surface area contributed by atoms with E-state index >= 15 is 0 Å². The Morgan fingerprint density at radius 2 is 1.88 bits per heavy atom. The molecule has 2 N–H and O–H groups in total. The van der Waals surface area contributed by atoms with Gasteiger partial charge in [-0.05, 0) is 42.4 Å². The Balaban J connectivity index is 1.58. The largest absolute Gasteiger partial charge is 0.467 e. The number of methoxy groups -OCH3 is 1. The molecule has 0 aliphatic heterocycles. The lowest BCUT2D eigenvalue weighted by Crippen LogP contribution is -2.52. The van der Waals surface area contributed by atoms with Gasteiger partial charge in [-0.25, -0.2) is 14.8 Å². The molecule has 0 radical (unpaired) electrons. The highest BCUT2D eigenvalue weighted by Crippen LogP contribution is 2.38. The predicted molar refractivity (Wildman–Crippen MR) is 160 cm³/mol. The number of imidazole rings is 2. The summed E-state index contributed by atoms with van der Waals surface area (Å²) in [6, 6.07) is 16.2. The Morgan fingerprint density at radius 3 is 2.50 bits per heavy atom. The Morgan fingerprint density at radius 1 is 1.12 bits per heavy atom. The van der Waals surface area contributed by atoms with E-state index in [0.29, 0.717) is 23.9 Å². The second kappa shape index (κ2) is 12.7. The van der Waals surface area contributed by atoms with Crippen LogP contribution in [-0.2, 0) is 34.5 Å². The standard InChI is InChI=1S/C30H34ClN9O2/c1-5-6-11-25-34-27(31)26(30(39(2)3,29(41)42-4)18-24-32-16-17-33-24)40(25)19-20-12-14-21(15-13-20)22-9-7-8-10-23(22)28-35-37-38-36-28/h7-10,12-17H,5-6,11,18-19H2,1-4H3,(H,32,33)(H,35,36,37,38)/t30-/m1/s1. The molecule has 0 saturated heterocycles. The summed E-state index contributed by atoms with van der Waals surface area (Å²) in [5.74, 6) is 1.55. The quantitative estimate of drug-likeness (QED) is 0.201. The summed E-state index contributed by atoms with van der Waals surface area (Å²) in [4.78, 5) is 27.9. The first kappa shape index (κ1) is 29.2. The van der Waals surface area contributed by atoms with Gasteiger partial charge in [0.15, 0.2) is 10.7 Å². The van der Waals surface area contributed by atoms with Gasteiger partial charge in [0.25, 0.3) is 0 Å². The van der Waals surface area contributed by atoms with Crippen LogP contribution in [0.25, 0.3) is 22.5 Å². The normalized spacial score (nSPS) is 12.9. The zero-order chi connectivity index (χ0) is 29.7. The highest BCUT2D eigenvalue weighted by Gasteiger charge is 2.49. The summed E-state index contributed by atoms with van der Waals surface area (Å²) < 4.78 is 7.47. The average molecular weight is 588 g/mol. The number of rotatable bonds is 12. The van der Waals surface area contributed by atoms with Gasteiger partial charge < -0.3 is 14.3 Å². The Bertz CT molecular complexity index is 1610. The number of likely N-dealkylation sites (N-methyl/N-ethyl adjacent to an activating group) is 1. The molecule has 0 saturated carbocycles. The van der Waals surface area contributed by atoms with Crippen LogP contribution in [0, 0.1) is 0 Å². The van der Waals surface area contributed by atoms with Gasteiger partial charge in [-0.15, -0.1) is 10.2 Å². The minimum atomic E-state index is -1.27. The van der Waals surface area contributed by atoms with E-state index in [4.69, 9.17) is 21.3 Å². The van der Waals surface area contributed by atoms with Gasteiger partial charge in [0.05, 0.1) is 12.8 Å². The fourth-order valence-electron chi connectivity index (χ4n) is 5.35. The number of aromatic nitrogens is 8. The Kier molecular flexibility index (Phi) is 8.79. The molecule has 2 aromatic carbocycles. The number of esters is 1. The second-order valence-electron chi connectivity index (χ2n) is 10.3. The summed E-state index contributed by atoms with van der Waals surface area (Å²) in [7, 11) is 5.07. The lowest BCUT2D eigenvalue weighted by Gasteiger charge is -2.37. The highest BCUT2D eigenvalue weighted by atomic mass is 35.5. The lowest BCUT2D eigenvalue weighted by atomic mass is 9.89. The fourth-order valence-corrected chi connectivity index (χ4v) is 5.70. The summed E-state index contributed by atoms with van der Waals surface area (Å²) in [5, 5.41) is 14.8. The number of halogens is 1. The molecule has 0 fully saturated rings. The highest BCUT2D eigenvalue weighted by molar-refractivity contribution is 6.30. The van der Waals surface area contributed by atoms with Gasteiger partial charge in [0, 0.05) is 37.3 Å². The van der Waals surface area contributed by atoms with E-state index in [-0.39, 0.29) is 11.6 Å². The zero-order valence-corrected chi connectivity index (χ0v) is 24.9. The third-order valence-corrected chi connectivity index (χ3v) is 7.80. The summed E-state index contributed by atoms with van der Waals surface area (Å²) in [6.07, 6.45) is 6.27. The number of aromatic amines is 2. The first-order valence-corrected chi connectivity index (χ1v) is 14.2. The molecule has 0 spiro atoms. The molecular weight excluding hydrogens is 554 g/mol. The van der Waals surface area contributed by atoms with E-state index in [0.717, 1.165) is 47.3 Å². The minimum Gasteiger partial charge on any atom is -0.467 e. The maximum atomic E-state index is 13.7. The van der Waals surface area contributed by atoms with Gasteiger partial charge in [-0.1, -0.05) is 73.5 Å². The van der Waals surface area contributed by atoms with Gasteiger partial charge in [-0.3, -0.25) is 4.90 Å². The molecule has 0 bridgehead atoms. The summed E-state index contributed by atoms with van der Waals surface area (Å²) in [5.41, 5.74) is 3.23. The first-order chi connectivity index (χ1) is 20.4. The Hall–Kier alpha value is -4.35. The average Bonchev–Trinajstić information content (AvgIpc) is 3.78. The number of nitrogens with one attached hydrogen (secondary N) is 2. The van der Waals surface area contributed by atoms with Gasteiger partial charge in [0.2, 0.25) is 5.82 Å². The zero-order valence-electron chi connectivity index (χ0n) is 24.1. The number of tetrazole rings is 1. The molecule has 5 aromatic rings. The molecule has 218 valence electrons. The van der Waals surface area contributed by atoms with Crippen LogP contribution in [0.3, 0.4) is 0 Å². The number of hydrogen-bond donors (Lipinski definition) is 2. The number of carbonyl (C=O) groups excluding carboxylic acids is 1. The molecule has 5 rings (SSSR count). The number of hydrogen-bond acceptors (Lipinski definition) is 8. The topological polar surface area (TPSA) is 130 Å². The van der Waals surface area contributed by atoms with Crippen molar-refractivity contribution in [3.8, 4) is 22.5 Å². The van der Waals surface area contributed by atoms with Crippen molar-refractivity contribution in [3.05, 3.63) is 89.0 Å². The molecule has 0 unspecified atom stereocenters. The van der Waals surface area contributed by atoms with Crippen molar-refractivity contribution in [2.24, 2.45) is 0 Å². The molecule has 1 atom stereocenters. The SMILES string of the molecule is CCCCc1nc(Cl)c([C@](Cc2ncc[nH]2)(C(=O)OC)N(C)C)n1Cc1ccc(-c2ccccc2-c2nn[nH]n2)cc1. The summed E-state index contributed by atoms with van der Waals surface area (Å²) >= 11 is 6.92. The van der Waals surface area contributed by atoms with E-state index in [1.165, 1.54) is 7.11 Å². The third kappa shape index (κ3) is 5.57. The van der Waals surface area contributed by atoms with Gasteiger partial charge in [-0.2, -0.15) is 5.21 Å². The molecule has 0 amide bonds. The van der Waals surface area contributed by atoms with Gasteiger partial charge >= 0.3 is 5.97 Å². The maximum Gasteiger partial charge on any atom is 0.333 e. The van der Waals surface area contributed by atoms with Crippen LogP contribution in [0.1, 0.15) is 42.7 Å². The van der Waals surface area contributed by atoms with Crippen LogP contribution in [-0.4, -0.2) is 72.2 Å². The van der Waals surface area contributed by atoms with Crippen molar-refractivity contribution >= 4 is 17.6 Å². The van der Waals surface area contributed by atoms with E-state index in [2.05, 4.69) is 66.3 Å². The molecule has 42 heavy (non-hydrogen) atoms. The number of nitrogens with zero attached hydrogens (tertiary/aromatic N) is 7. The number of H-pyrrole nitrogens is 2. The van der Waals surface area contributed by atoms with E-state index < -0.39 is 11.5 Å². The van der Waals surface area contributed by atoms with Crippen LogP contribution in [0.4, 0.5) is 0 Å². The van der Waals surface area contributed by atoms with E-state index in [1.54, 1.807) is 12.4 Å². The number of carbonyl (C=O) groups is 1. The van der Waals surface area contributed by atoms with Crippen LogP contribution in [0.15, 0.2) is 60.9 Å². The van der Waals surface area contributed by atoms with Crippen LogP contribution >= 0.6 is 11.6 Å². The molecule has 3 aromatic heterocycles. The number of unbranched alkanes of at least 4 members (excludes halogenated alkanes) is 1. The summed E-state index contributed by atoms with van der Waals surface area (Å²) in [6.45, 7) is 2.60. The molecule has 3 heterocycles. The fraction of sp³-hybridized carbons (Fsp3) is 0.333. The smallest absolute Gasteiger partial charge is 0.333 e. The van der Waals surface area contributed by atoms with Crippen LogP contribution < -0.4 is 0 Å². The van der Waals surface area contributed by atoms with E-state index in [9.17, 15) is 4.79 Å². The number of aryl methyl sites for hydroxylation is 1. The molecule has 0 aliphatic rings. The number of ether oxygens (including phenoxy) is 1. The van der Waals surface area contributed by atoms with Crippen molar-refractivity contribution in [2.75, 3.05) is 21.2 Å². The predicted octanol–water partition coefficient (Wildman–Crippen LogP) is 4.67. The van der Waals surface area contributed by atoms with Crippen molar-refractivity contribution in [1.29, 1.82) is 0 Å². The van der Waals surface area contributed by atoms with E-state index in [1.807, 2.05) is 43.3 Å². The second-order valence-corrected chi connectivity index (χ2v) is 10.7. The molecule has 11 nitrogen and oxygen atoms in total. The lowest BCUT2D eigenvalue weighted by molar-refractivity contribution is -0.155. The van der Waals surface area contributed by atoms with Crippen molar-refractivity contribution < 1.29 is 9.53 Å². The van der Waals surface area contributed by atoms with Gasteiger partial charge in [0.1, 0.15) is 11.6 Å². The molecular formula is C30H34ClN9O2. The maximum absolute atomic E-state index is 13.7. The first-order valence-electron chi connectivity index (χ1n) is 13.8.